The molecule has 0 fully saturated rings. The van der Waals surface area contributed by atoms with Gasteiger partial charge < -0.3 is 19.3 Å². The summed E-state index contributed by atoms with van der Waals surface area (Å²) in [7, 11) is -4.96. The van der Waals surface area contributed by atoms with Crippen LogP contribution in [0.4, 0.5) is 0 Å². The Kier molecular flexibility index (Phi) is 7.17. The van der Waals surface area contributed by atoms with E-state index in [-0.39, 0.29) is 0 Å². The summed E-state index contributed by atoms with van der Waals surface area (Å²) in [4.78, 5) is 43.5. The zero-order chi connectivity index (χ0) is 15.2. The Morgan fingerprint density at radius 2 is 1.32 bits per heavy atom. The Morgan fingerprint density at radius 3 is 1.58 bits per heavy atom. The van der Waals surface area contributed by atoms with Crippen LogP contribution in [0.1, 0.15) is 27.7 Å². The number of hydrogen-bond acceptors (Lipinski definition) is 7. The van der Waals surface area contributed by atoms with Crippen molar-refractivity contribution >= 4 is 19.8 Å². The van der Waals surface area contributed by atoms with Crippen molar-refractivity contribution in [2.24, 2.45) is 11.8 Å². The number of esters is 2. The number of carbonyl (C=O) groups excluding carboxylic acids is 2. The van der Waals surface area contributed by atoms with Gasteiger partial charge in [-0.15, -0.1) is 9.56 Å². The molecule has 0 unspecified atom stereocenters. The first-order valence-electron chi connectivity index (χ1n) is 5.34. The van der Waals surface area contributed by atoms with Gasteiger partial charge in [0.05, 0.1) is 11.8 Å². The van der Waals surface area contributed by atoms with Gasteiger partial charge in [0.2, 0.25) is 0 Å². The minimum absolute atomic E-state index is 0.557. The molecule has 0 aromatic carbocycles. The molecule has 0 atom stereocenters. The molecule has 0 radical (unpaired) electrons. The van der Waals surface area contributed by atoms with E-state index in [0.717, 1.165) is 0 Å². The molecule has 0 aromatic rings. The van der Waals surface area contributed by atoms with E-state index in [1.54, 1.807) is 0 Å². The van der Waals surface area contributed by atoms with Gasteiger partial charge in [-0.05, 0) is 0 Å². The molecule has 0 amide bonds. The molecule has 0 aliphatic heterocycles. The van der Waals surface area contributed by atoms with Crippen LogP contribution in [0, 0.1) is 11.8 Å². The minimum atomic E-state index is -4.96. The van der Waals surface area contributed by atoms with Crippen LogP contribution in [0.15, 0.2) is 0 Å². The molecule has 0 saturated heterocycles. The molecule has 0 bridgehead atoms. The van der Waals surface area contributed by atoms with Crippen LogP contribution in [0.5, 0.6) is 0 Å². The van der Waals surface area contributed by atoms with Gasteiger partial charge in [-0.1, -0.05) is 27.7 Å². The van der Waals surface area contributed by atoms with Crippen molar-refractivity contribution in [3.05, 3.63) is 0 Å². The van der Waals surface area contributed by atoms with Gasteiger partial charge in [-0.3, -0.25) is 9.59 Å². The SMILES string of the molecule is CC(C)C(=O)OC(OOP(=O)(O)O)OC(=O)C(C)C. The Bertz CT molecular complexity index is 337. The zero-order valence-electron chi connectivity index (χ0n) is 10.9. The lowest BCUT2D eigenvalue weighted by molar-refractivity contribution is -0.386. The lowest BCUT2D eigenvalue weighted by atomic mass is 10.2. The largest absolute Gasteiger partial charge is 0.497 e. The number of ether oxygens (including phenoxy) is 2. The predicted octanol–water partition coefficient (Wildman–Crippen LogP) is 0.709. The van der Waals surface area contributed by atoms with Gasteiger partial charge in [0.15, 0.2) is 0 Å². The fraction of sp³-hybridized carbons (Fsp3) is 0.778. The van der Waals surface area contributed by atoms with Crippen LogP contribution in [0.3, 0.4) is 0 Å². The zero-order valence-corrected chi connectivity index (χ0v) is 11.8. The van der Waals surface area contributed by atoms with Crippen LogP contribution in [0.2, 0.25) is 0 Å². The Balaban J connectivity index is 4.59. The highest BCUT2D eigenvalue weighted by molar-refractivity contribution is 7.46. The number of phosphoric acid groups is 1. The third-order valence-corrected chi connectivity index (χ3v) is 1.87. The van der Waals surface area contributed by atoms with Crippen molar-refractivity contribution in [2.45, 2.75) is 34.2 Å². The summed E-state index contributed by atoms with van der Waals surface area (Å²) in [5.41, 5.74) is 0. The van der Waals surface area contributed by atoms with E-state index in [1.165, 1.54) is 27.7 Å². The average Bonchev–Trinajstić information content (AvgIpc) is 2.24. The molecule has 9 nitrogen and oxygen atoms in total. The van der Waals surface area contributed by atoms with Gasteiger partial charge in [0.1, 0.15) is 0 Å². The predicted molar refractivity (Wildman–Crippen MR) is 59.9 cm³/mol. The van der Waals surface area contributed by atoms with Crippen LogP contribution in [-0.2, 0) is 33.2 Å². The summed E-state index contributed by atoms with van der Waals surface area (Å²) in [5.74, 6) is -2.70. The molecular weight excluding hydrogens is 283 g/mol. The van der Waals surface area contributed by atoms with Crippen molar-refractivity contribution in [2.75, 3.05) is 0 Å². The smallest absolute Gasteiger partial charge is 0.398 e. The van der Waals surface area contributed by atoms with E-state index in [1.807, 2.05) is 0 Å². The van der Waals surface area contributed by atoms with E-state index >= 15 is 0 Å². The topological polar surface area (TPSA) is 129 Å². The van der Waals surface area contributed by atoms with E-state index in [2.05, 4.69) is 19.0 Å². The van der Waals surface area contributed by atoms with Crippen molar-refractivity contribution < 1.29 is 43.0 Å². The molecule has 0 saturated carbocycles. The molecular formula is C9H17O9P. The van der Waals surface area contributed by atoms with Crippen molar-refractivity contribution in [3.8, 4) is 0 Å². The quantitative estimate of drug-likeness (QED) is 0.229. The summed E-state index contributed by atoms with van der Waals surface area (Å²) in [6.07, 6.45) is 0. The molecule has 0 rings (SSSR count). The number of hydrogen-bond donors (Lipinski definition) is 2. The van der Waals surface area contributed by atoms with E-state index in [0.29, 0.717) is 0 Å². The molecule has 0 aliphatic carbocycles. The van der Waals surface area contributed by atoms with Gasteiger partial charge >= 0.3 is 26.2 Å². The molecule has 0 spiro atoms. The van der Waals surface area contributed by atoms with Crippen LogP contribution in [-0.4, -0.2) is 28.2 Å². The Hall–Kier alpha value is -0.990. The van der Waals surface area contributed by atoms with Crippen molar-refractivity contribution in [1.82, 2.24) is 0 Å². The average molecular weight is 300 g/mol. The molecule has 0 heterocycles. The molecule has 112 valence electrons. The van der Waals surface area contributed by atoms with Crippen LogP contribution in [0.25, 0.3) is 0 Å². The monoisotopic (exact) mass is 300 g/mol. The molecule has 2 N–H and O–H groups in total. The Labute approximate surface area is 110 Å². The summed E-state index contributed by atoms with van der Waals surface area (Å²) >= 11 is 0. The summed E-state index contributed by atoms with van der Waals surface area (Å²) in [6, 6.07) is 0. The maximum atomic E-state index is 11.3. The first-order valence-corrected chi connectivity index (χ1v) is 6.87. The first-order chi connectivity index (χ1) is 8.53. The highest BCUT2D eigenvalue weighted by atomic mass is 31.2. The van der Waals surface area contributed by atoms with Crippen molar-refractivity contribution in [3.63, 3.8) is 0 Å². The second-order valence-corrected chi connectivity index (χ2v) is 5.26. The minimum Gasteiger partial charge on any atom is -0.398 e. The van der Waals surface area contributed by atoms with Crippen LogP contribution < -0.4 is 0 Å². The van der Waals surface area contributed by atoms with E-state index in [9.17, 15) is 14.2 Å². The molecule has 19 heavy (non-hydrogen) atoms. The fourth-order valence-electron chi connectivity index (χ4n) is 0.616. The second-order valence-electron chi connectivity index (χ2n) is 4.13. The van der Waals surface area contributed by atoms with Gasteiger partial charge in [0, 0.05) is 0 Å². The standard InChI is InChI=1S/C9H17O9P/c1-5(2)7(10)15-9(16-8(11)6(3)4)17-18-19(12,13)14/h5-6,9H,1-4H3,(H2,12,13,14). The van der Waals surface area contributed by atoms with Crippen molar-refractivity contribution in [1.29, 1.82) is 0 Å². The molecule has 0 aromatic heterocycles. The highest BCUT2D eigenvalue weighted by Crippen LogP contribution is 2.36. The number of carbonyl (C=O) groups is 2. The third-order valence-electron chi connectivity index (χ3n) is 1.59. The normalized spacial score (nSPS) is 12.1. The highest BCUT2D eigenvalue weighted by Gasteiger charge is 2.27. The Morgan fingerprint density at radius 1 is 0.947 bits per heavy atom. The van der Waals surface area contributed by atoms with Gasteiger partial charge in [-0.25, -0.2) is 4.57 Å². The lowest BCUT2D eigenvalue weighted by Gasteiger charge is -2.18. The maximum Gasteiger partial charge on any atom is 0.497 e. The number of rotatable bonds is 7. The van der Waals surface area contributed by atoms with Crippen LogP contribution >= 0.6 is 7.82 Å². The van der Waals surface area contributed by atoms with E-state index in [4.69, 9.17) is 9.79 Å². The molecule has 0 aliphatic rings. The van der Waals surface area contributed by atoms with E-state index < -0.39 is 38.1 Å². The second kappa shape index (κ2) is 7.56. The first kappa shape index (κ1) is 18.0. The van der Waals surface area contributed by atoms with Gasteiger partial charge in [0.25, 0.3) is 0 Å². The van der Waals surface area contributed by atoms with Gasteiger partial charge in [-0.2, -0.15) is 0 Å². The fourth-order valence-corrected chi connectivity index (χ4v) is 0.799. The maximum absolute atomic E-state index is 11.3. The summed E-state index contributed by atoms with van der Waals surface area (Å²) in [6.45, 7) is 4.04. The molecule has 10 heteroatoms. The summed E-state index contributed by atoms with van der Waals surface area (Å²) < 4.78 is 23.2. The summed E-state index contributed by atoms with van der Waals surface area (Å²) in [5, 5.41) is 0. The lowest BCUT2D eigenvalue weighted by Crippen LogP contribution is -2.30. The third kappa shape index (κ3) is 8.68.